The van der Waals surface area contributed by atoms with Crippen molar-refractivity contribution >= 4 is 0 Å². The number of aromatic nitrogens is 2. The molecule has 1 aromatic heterocycles. The molecule has 2 rings (SSSR count). The molecule has 1 aliphatic rings. The number of ether oxygens (including phenoxy) is 1. The van der Waals surface area contributed by atoms with Crippen LogP contribution in [0.15, 0.2) is 12.4 Å². The number of rotatable bonds is 5. The van der Waals surface area contributed by atoms with Gasteiger partial charge < -0.3 is 9.84 Å². The van der Waals surface area contributed by atoms with Crippen molar-refractivity contribution in [3.05, 3.63) is 18.0 Å². The van der Waals surface area contributed by atoms with E-state index < -0.39 is 11.7 Å². The zero-order valence-electron chi connectivity index (χ0n) is 13.2. The van der Waals surface area contributed by atoms with Gasteiger partial charge in [-0.05, 0) is 44.9 Å². The average molecular weight is 280 g/mol. The van der Waals surface area contributed by atoms with Crippen molar-refractivity contribution in [3.63, 3.8) is 0 Å². The number of nitrogens with zero attached hydrogens (tertiary/aromatic N) is 2. The topological polar surface area (TPSA) is 47.3 Å². The second kappa shape index (κ2) is 5.86. The minimum Gasteiger partial charge on any atom is -0.385 e. The molecule has 4 heteroatoms. The molecule has 0 bridgehead atoms. The van der Waals surface area contributed by atoms with Crippen LogP contribution in [0.2, 0.25) is 0 Å². The Morgan fingerprint density at radius 2 is 1.95 bits per heavy atom. The fourth-order valence-electron chi connectivity index (χ4n) is 3.13. The van der Waals surface area contributed by atoms with E-state index >= 15 is 0 Å². The number of aliphatic hydroxyl groups is 1. The second-order valence-corrected chi connectivity index (χ2v) is 6.69. The molecule has 1 aliphatic carbocycles. The summed E-state index contributed by atoms with van der Waals surface area (Å²) >= 11 is 0. The lowest BCUT2D eigenvalue weighted by Crippen LogP contribution is -2.44. The van der Waals surface area contributed by atoms with Crippen molar-refractivity contribution in [2.24, 2.45) is 5.41 Å². The van der Waals surface area contributed by atoms with E-state index in [2.05, 4.69) is 18.9 Å². The Morgan fingerprint density at radius 1 is 1.30 bits per heavy atom. The van der Waals surface area contributed by atoms with Crippen molar-refractivity contribution in [2.75, 3.05) is 6.61 Å². The van der Waals surface area contributed by atoms with Crippen LogP contribution in [0.3, 0.4) is 0 Å². The summed E-state index contributed by atoms with van der Waals surface area (Å²) in [5, 5.41) is 15.1. The van der Waals surface area contributed by atoms with Crippen molar-refractivity contribution in [2.45, 2.75) is 71.6 Å². The van der Waals surface area contributed by atoms with E-state index in [-0.39, 0.29) is 0 Å². The first-order valence-corrected chi connectivity index (χ1v) is 7.77. The molecule has 0 radical (unpaired) electrons. The molecule has 1 aromatic rings. The van der Waals surface area contributed by atoms with E-state index in [1.807, 2.05) is 24.7 Å². The molecule has 1 heterocycles. The molecule has 0 amide bonds. The van der Waals surface area contributed by atoms with Gasteiger partial charge >= 0.3 is 0 Å². The van der Waals surface area contributed by atoms with E-state index in [1.165, 1.54) is 0 Å². The number of hydrogen-bond donors (Lipinski definition) is 1. The average Bonchev–Trinajstić information content (AvgIpc) is 2.90. The molecule has 1 atom stereocenters. The Morgan fingerprint density at radius 3 is 2.45 bits per heavy atom. The summed E-state index contributed by atoms with van der Waals surface area (Å²) in [6, 6.07) is 0. The highest BCUT2D eigenvalue weighted by Crippen LogP contribution is 2.47. The van der Waals surface area contributed by atoms with Crippen LogP contribution in [0.4, 0.5) is 0 Å². The third-order valence-corrected chi connectivity index (χ3v) is 4.67. The molecule has 1 unspecified atom stereocenters. The Hall–Kier alpha value is -0.870. The molecular formula is C16H28N2O2. The summed E-state index contributed by atoms with van der Waals surface area (Å²) < 4.78 is 7.89. The monoisotopic (exact) mass is 280 g/mol. The van der Waals surface area contributed by atoms with E-state index in [4.69, 9.17) is 4.74 Å². The maximum Gasteiger partial charge on any atom is 0.111 e. The molecule has 0 aliphatic heterocycles. The predicted molar refractivity (Wildman–Crippen MR) is 79.5 cm³/mol. The van der Waals surface area contributed by atoms with E-state index in [0.29, 0.717) is 12.0 Å². The summed E-state index contributed by atoms with van der Waals surface area (Å²) in [5.74, 6) is 0. The first kappa shape index (κ1) is 15.5. The Balaban J connectivity index is 2.19. The summed E-state index contributed by atoms with van der Waals surface area (Å²) in [6.45, 7) is 10.1. The number of hydrogen-bond acceptors (Lipinski definition) is 3. The zero-order valence-corrected chi connectivity index (χ0v) is 13.2. The van der Waals surface area contributed by atoms with Crippen molar-refractivity contribution in [1.82, 2.24) is 9.78 Å². The van der Waals surface area contributed by atoms with Gasteiger partial charge in [0.1, 0.15) is 6.10 Å². The van der Waals surface area contributed by atoms with E-state index in [9.17, 15) is 5.11 Å². The standard InChI is InChI=1S/C16H28N2O2/c1-5-18-12-13(11-17-18)14(19)16(20-6-2)9-7-15(3,4)8-10-16/h11-12,14,19H,5-10H2,1-4H3. The SMILES string of the molecule is CCOC1(C(O)c2cnn(CC)c2)CCC(C)(C)CC1. The summed E-state index contributed by atoms with van der Waals surface area (Å²) in [6.07, 6.45) is 7.12. The van der Waals surface area contributed by atoms with Gasteiger partial charge in [0.25, 0.3) is 0 Å². The lowest BCUT2D eigenvalue weighted by molar-refractivity contribution is -0.153. The van der Waals surface area contributed by atoms with Gasteiger partial charge in [-0.1, -0.05) is 13.8 Å². The lowest BCUT2D eigenvalue weighted by atomic mass is 9.68. The van der Waals surface area contributed by atoms with Gasteiger partial charge in [-0.2, -0.15) is 5.10 Å². The molecule has 114 valence electrons. The minimum atomic E-state index is -0.584. The highest BCUT2D eigenvalue weighted by molar-refractivity contribution is 5.14. The number of aliphatic hydroxyl groups excluding tert-OH is 1. The van der Waals surface area contributed by atoms with Crippen LogP contribution in [0.5, 0.6) is 0 Å². The normalized spacial score (nSPS) is 22.6. The Labute approximate surface area is 122 Å². The first-order valence-electron chi connectivity index (χ1n) is 7.77. The molecule has 1 fully saturated rings. The van der Waals surface area contributed by atoms with Crippen LogP contribution in [-0.4, -0.2) is 27.1 Å². The Kier molecular flexibility index (Phi) is 4.55. The first-order chi connectivity index (χ1) is 9.42. The van der Waals surface area contributed by atoms with Crippen LogP contribution in [0.1, 0.15) is 65.0 Å². The molecule has 0 spiro atoms. The van der Waals surface area contributed by atoms with Crippen LogP contribution in [-0.2, 0) is 11.3 Å². The van der Waals surface area contributed by atoms with Crippen LogP contribution < -0.4 is 0 Å². The van der Waals surface area contributed by atoms with Gasteiger partial charge in [-0.3, -0.25) is 4.68 Å². The van der Waals surface area contributed by atoms with Crippen LogP contribution in [0, 0.1) is 5.41 Å². The Bertz CT molecular complexity index is 429. The van der Waals surface area contributed by atoms with Crippen molar-refractivity contribution < 1.29 is 9.84 Å². The largest absolute Gasteiger partial charge is 0.385 e. The highest BCUT2D eigenvalue weighted by atomic mass is 16.5. The van der Waals surface area contributed by atoms with Crippen molar-refractivity contribution in [3.8, 4) is 0 Å². The maximum atomic E-state index is 10.8. The van der Waals surface area contributed by atoms with Gasteiger partial charge in [-0.15, -0.1) is 0 Å². The number of aryl methyl sites for hydroxylation is 1. The highest BCUT2D eigenvalue weighted by Gasteiger charge is 2.45. The lowest BCUT2D eigenvalue weighted by Gasteiger charge is -2.45. The molecule has 20 heavy (non-hydrogen) atoms. The van der Waals surface area contributed by atoms with Gasteiger partial charge in [-0.25, -0.2) is 0 Å². The molecule has 1 N–H and O–H groups in total. The quantitative estimate of drug-likeness (QED) is 0.900. The molecule has 4 nitrogen and oxygen atoms in total. The van der Waals surface area contributed by atoms with Gasteiger partial charge in [0.2, 0.25) is 0 Å². The molecule has 0 saturated heterocycles. The van der Waals surface area contributed by atoms with Gasteiger partial charge in [0.15, 0.2) is 0 Å². The third kappa shape index (κ3) is 3.07. The van der Waals surface area contributed by atoms with Crippen LogP contribution in [0.25, 0.3) is 0 Å². The smallest absolute Gasteiger partial charge is 0.111 e. The second-order valence-electron chi connectivity index (χ2n) is 6.69. The van der Waals surface area contributed by atoms with Gasteiger partial charge in [0.05, 0.1) is 11.8 Å². The fraction of sp³-hybridized carbons (Fsp3) is 0.812. The minimum absolute atomic E-state index is 0.355. The van der Waals surface area contributed by atoms with Crippen LogP contribution >= 0.6 is 0 Å². The molecule has 1 saturated carbocycles. The summed E-state index contributed by atoms with van der Waals surface area (Å²) in [5.41, 5.74) is 0.791. The molecular weight excluding hydrogens is 252 g/mol. The predicted octanol–water partition coefficient (Wildman–Crippen LogP) is 3.31. The summed E-state index contributed by atoms with van der Waals surface area (Å²) in [4.78, 5) is 0. The third-order valence-electron chi connectivity index (χ3n) is 4.67. The maximum absolute atomic E-state index is 10.8. The van der Waals surface area contributed by atoms with E-state index in [1.54, 1.807) is 6.20 Å². The zero-order chi connectivity index (χ0) is 14.8. The molecule has 0 aromatic carbocycles. The van der Waals surface area contributed by atoms with E-state index in [0.717, 1.165) is 37.8 Å². The van der Waals surface area contributed by atoms with Crippen molar-refractivity contribution in [1.29, 1.82) is 0 Å². The van der Waals surface area contributed by atoms with Gasteiger partial charge in [0, 0.05) is 24.9 Å². The fourth-order valence-corrected chi connectivity index (χ4v) is 3.13. The summed E-state index contributed by atoms with van der Waals surface area (Å²) in [7, 11) is 0.